The normalized spacial score (nSPS) is 13.8. The maximum absolute atomic E-state index is 13.0. The van der Waals surface area contributed by atoms with E-state index in [0.29, 0.717) is 17.4 Å². The Morgan fingerprint density at radius 1 is 0.415 bits per heavy atom. The third kappa shape index (κ3) is 66.2. The van der Waals surface area contributed by atoms with Crippen LogP contribution in [0.3, 0.4) is 0 Å². The molecule has 0 spiro atoms. The number of quaternary nitrogens is 1. The molecule has 0 fully saturated rings. The topological polar surface area (TPSA) is 108 Å². The van der Waals surface area contributed by atoms with E-state index in [-0.39, 0.29) is 12.5 Å². The minimum Gasteiger partial charge on any atom is -0.756 e. The number of rotatable bonds is 68. The summed E-state index contributed by atoms with van der Waals surface area (Å²) in [7, 11) is 1.25. The predicted octanol–water partition coefficient (Wildman–Crippen LogP) is 22.6. The molecule has 0 aromatic carbocycles. The summed E-state index contributed by atoms with van der Waals surface area (Å²) in [4.78, 5) is 25.6. The molecular formula is C73H143N2O6P. The summed E-state index contributed by atoms with van der Waals surface area (Å²) in [5.74, 6) is -0.203. The van der Waals surface area contributed by atoms with Crippen molar-refractivity contribution in [1.29, 1.82) is 0 Å². The maximum Gasteiger partial charge on any atom is 0.268 e. The van der Waals surface area contributed by atoms with Gasteiger partial charge in [-0.3, -0.25) is 9.36 Å². The number of aliphatic hydroxyl groups is 1. The number of unbranched alkanes of at least 4 members (excludes halogenated alkanes) is 51. The number of hydrogen-bond donors (Lipinski definition) is 2. The molecule has 3 atom stereocenters. The Labute approximate surface area is 512 Å². The molecule has 0 aliphatic carbocycles. The van der Waals surface area contributed by atoms with Crippen molar-refractivity contribution in [2.75, 3.05) is 40.9 Å². The highest BCUT2D eigenvalue weighted by atomic mass is 31.2. The number of phosphoric acid groups is 1. The SMILES string of the molecule is CCCCCCCCCCCCCC/C=C/CC/C=C/CC/C=C/C(O)C(COP(=O)([O-])OCC[N+](C)(C)C)NC(=O)CCCCCCCCCCCCCCCCCCCCCCCCCCCCCCCCCCCCCCCC. The van der Waals surface area contributed by atoms with Gasteiger partial charge in [-0.15, -0.1) is 0 Å². The molecule has 82 heavy (non-hydrogen) atoms. The van der Waals surface area contributed by atoms with Gasteiger partial charge in [-0.2, -0.15) is 0 Å². The zero-order chi connectivity index (χ0) is 59.8. The van der Waals surface area contributed by atoms with Crippen molar-refractivity contribution in [3.63, 3.8) is 0 Å². The molecule has 0 saturated heterocycles. The van der Waals surface area contributed by atoms with E-state index >= 15 is 0 Å². The summed E-state index contributed by atoms with van der Waals surface area (Å²) < 4.78 is 23.4. The molecule has 486 valence electrons. The van der Waals surface area contributed by atoms with Gasteiger partial charge in [-0.05, 0) is 44.9 Å². The van der Waals surface area contributed by atoms with E-state index in [2.05, 4.69) is 43.5 Å². The monoisotopic (exact) mass is 1180 g/mol. The number of carbonyl (C=O) groups excluding carboxylic acids is 1. The van der Waals surface area contributed by atoms with Gasteiger partial charge >= 0.3 is 0 Å². The van der Waals surface area contributed by atoms with E-state index in [1.165, 1.54) is 308 Å². The molecule has 0 bridgehead atoms. The molecule has 0 aliphatic rings. The van der Waals surface area contributed by atoms with Crippen LogP contribution in [0.1, 0.15) is 373 Å². The van der Waals surface area contributed by atoms with Crippen LogP contribution in [0.2, 0.25) is 0 Å². The van der Waals surface area contributed by atoms with Gasteiger partial charge in [0.15, 0.2) is 0 Å². The van der Waals surface area contributed by atoms with Crippen LogP contribution in [-0.2, 0) is 18.4 Å². The van der Waals surface area contributed by atoms with Crippen molar-refractivity contribution in [3.8, 4) is 0 Å². The molecule has 0 rings (SSSR count). The van der Waals surface area contributed by atoms with Gasteiger partial charge in [0, 0.05) is 6.42 Å². The van der Waals surface area contributed by atoms with Gasteiger partial charge in [0.05, 0.1) is 39.9 Å². The van der Waals surface area contributed by atoms with Gasteiger partial charge in [0.1, 0.15) is 13.2 Å². The summed E-state index contributed by atoms with van der Waals surface area (Å²) in [5.41, 5.74) is 0. The van der Waals surface area contributed by atoms with E-state index in [9.17, 15) is 19.4 Å². The summed E-state index contributed by atoms with van der Waals surface area (Å²) in [6, 6.07) is -0.909. The molecular weight excluding hydrogens is 1030 g/mol. The van der Waals surface area contributed by atoms with Crippen molar-refractivity contribution >= 4 is 13.7 Å². The van der Waals surface area contributed by atoms with Crippen LogP contribution in [0.15, 0.2) is 36.5 Å². The lowest BCUT2D eigenvalue weighted by atomic mass is 10.0. The number of phosphoric ester groups is 1. The van der Waals surface area contributed by atoms with E-state index < -0.39 is 26.6 Å². The van der Waals surface area contributed by atoms with E-state index in [1.807, 2.05) is 27.2 Å². The van der Waals surface area contributed by atoms with Gasteiger partial charge in [0.2, 0.25) is 5.91 Å². The number of nitrogens with zero attached hydrogens (tertiary/aromatic N) is 1. The number of aliphatic hydroxyl groups excluding tert-OH is 1. The lowest BCUT2D eigenvalue weighted by molar-refractivity contribution is -0.870. The first kappa shape index (κ1) is 80.7. The first-order valence-corrected chi connectivity index (χ1v) is 37.8. The molecule has 0 aromatic rings. The average molecular weight is 1180 g/mol. The van der Waals surface area contributed by atoms with Crippen LogP contribution in [0.4, 0.5) is 0 Å². The Hall–Kier alpha value is -1.28. The summed E-state index contributed by atoms with van der Waals surface area (Å²) >= 11 is 0. The first-order valence-electron chi connectivity index (χ1n) is 36.4. The predicted molar refractivity (Wildman–Crippen MR) is 358 cm³/mol. The van der Waals surface area contributed by atoms with Crippen LogP contribution in [0, 0.1) is 0 Å². The summed E-state index contributed by atoms with van der Waals surface area (Å²) in [6.45, 7) is 4.68. The van der Waals surface area contributed by atoms with Crippen LogP contribution in [-0.4, -0.2) is 68.5 Å². The number of carbonyl (C=O) groups is 1. The highest BCUT2D eigenvalue weighted by molar-refractivity contribution is 7.45. The molecule has 0 radical (unpaired) electrons. The van der Waals surface area contributed by atoms with Crippen molar-refractivity contribution in [3.05, 3.63) is 36.5 Å². The van der Waals surface area contributed by atoms with Gasteiger partial charge in [-0.25, -0.2) is 0 Å². The van der Waals surface area contributed by atoms with Crippen LogP contribution in [0.25, 0.3) is 0 Å². The number of amides is 1. The molecule has 0 saturated carbocycles. The number of allylic oxidation sites excluding steroid dienone is 5. The number of nitrogens with one attached hydrogen (secondary N) is 1. The highest BCUT2D eigenvalue weighted by Crippen LogP contribution is 2.38. The molecule has 9 heteroatoms. The molecule has 1 amide bonds. The molecule has 0 aliphatic heterocycles. The standard InChI is InChI=1S/C73H143N2O6P/c1-6-8-10-12-14-16-18-20-22-24-26-28-30-31-32-33-34-35-36-37-38-39-40-41-42-43-44-45-47-49-51-53-55-57-59-61-63-65-67-73(77)74-71(70-81-82(78,79)80-69-68-75(3,4)5)72(76)66-64-62-60-58-56-54-52-50-48-46-29-27-25-23-21-19-17-15-13-11-9-7-2/h48,50,56,58,64,66,71-72,76H,6-47,49,51-55,57,59-63,65,67-70H2,1-5H3,(H-,74,77,78,79)/b50-48+,58-56+,66-64+. The van der Waals surface area contributed by atoms with Gasteiger partial charge < -0.3 is 28.8 Å². The van der Waals surface area contributed by atoms with Crippen LogP contribution in [0.5, 0.6) is 0 Å². The van der Waals surface area contributed by atoms with E-state index in [0.717, 1.165) is 44.9 Å². The molecule has 0 heterocycles. The fourth-order valence-electron chi connectivity index (χ4n) is 11.2. The maximum atomic E-state index is 13.0. The zero-order valence-corrected chi connectivity index (χ0v) is 56.6. The minimum atomic E-state index is -4.61. The third-order valence-electron chi connectivity index (χ3n) is 16.8. The third-order valence-corrected chi connectivity index (χ3v) is 17.8. The second kappa shape index (κ2) is 64.2. The van der Waals surface area contributed by atoms with Crippen LogP contribution >= 0.6 is 7.82 Å². The largest absolute Gasteiger partial charge is 0.756 e. The molecule has 3 unspecified atom stereocenters. The van der Waals surface area contributed by atoms with Crippen molar-refractivity contribution in [2.24, 2.45) is 0 Å². The molecule has 2 N–H and O–H groups in total. The number of likely N-dealkylation sites (N-methyl/N-ethyl adjacent to an activating group) is 1. The second-order valence-corrected chi connectivity index (χ2v) is 27.7. The minimum absolute atomic E-state index is 0.00712. The lowest BCUT2D eigenvalue weighted by Crippen LogP contribution is -2.45. The van der Waals surface area contributed by atoms with E-state index in [4.69, 9.17) is 9.05 Å². The van der Waals surface area contributed by atoms with E-state index in [1.54, 1.807) is 6.08 Å². The lowest BCUT2D eigenvalue weighted by Gasteiger charge is -2.29. The second-order valence-electron chi connectivity index (χ2n) is 26.3. The number of hydrogen-bond acceptors (Lipinski definition) is 6. The smallest absolute Gasteiger partial charge is 0.268 e. The highest BCUT2D eigenvalue weighted by Gasteiger charge is 2.23. The van der Waals surface area contributed by atoms with Crippen molar-refractivity contribution < 1.29 is 32.9 Å². The summed E-state index contributed by atoms with van der Waals surface area (Å²) in [6.07, 6.45) is 85.9. The van der Waals surface area contributed by atoms with Crippen molar-refractivity contribution in [1.82, 2.24) is 5.32 Å². The summed E-state index contributed by atoms with van der Waals surface area (Å²) in [5, 5.41) is 13.9. The Kier molecular flexibility index (Phi) is 63.2. The molecule has 0 aromatic heterocycles. The zero-order valence-electron chi connectivity index (χ0n) is 55.7. The average Bonchev–Trinajstić information content (AvgIpc) is 3.46. The van der Waals surface area contributed by atoms with Crippen LogP contribution < -0.4 is 10.2 Å². The Bertz CT molecular complexity index is 1430. The fourth-order valence-corrected chi connectivity index (χ4v) is 11.9. The van der Waals surface area contributed by atoms with Gasteiger partial charge in [-0.1, -0.05) is 359 Å². The Morgan fingerprint density at radius 2 is 0.683 bits per heavy atom. The quantitative estimate of drug-likeness (QED) is 0.0272. The first-order chi connectivity index (χ1) is 40.0. The van der Waals surface area contributed by atoms with Gasteiger partial charge in [0.25, 0.3) is 7.82 Å². The van der Waals surface area contributed by atoms with Crippen molar-refractivity contribution in [2.45, 2.75) is 386 Å². The Morgan fingerprint density at radius 3 is 0.988 bits per heavy atom. The fraction of sp³-hybridized carbons (Fsp3) is 0.904. The molecule has 8 nitrogen and oxygen atoms in total. The Balaban J connectivity index is 3.97.